The number of benzene rings is 3. The van der Waals surface area contributed by atoms with Gasteiger partial charge in [0.05, 0.1) is 21.7 Å². The quantitative estimate of drug-likeness (QED) is 0.486. The van der Waals surface area contributed by atoms with E-state index in [1.54, 1.807) is 30.3 Å². The van der Waals surface area contributed by atoms with E-state index in [0.29, 0.717) is 29.6 Å². The molecule has 4 nitrogen and oxygen atoms in total. The number of hydrogen-bond acceptors (Lipinski definition) is 3. The highest BCUT2D eigenvalue weighted by Crippen LogP contribution is 2.41. The summed E-state index contributed by atoms with van der Waals surface area (Å²) in [4.78, 5) is 13.2. The van der Waals surface area contributed by atoms with Gasteiger partial charge in [-0.3, -0.25) is 4.79 Å². The first-order chi connectivity index (χ1) is 14.0. The normalized spacial score (nSPS) is 13.8. The van der Waals surface area contributed by atoms with Crippen molar-refractivity contribution in [3.63, 3.8) is 0 Å². The van der Waals surface area contributed by atoms with Crippen molar-refractivity contribution >= 4 is 26.7 Å². The minimum atomic E-state index is -3.90. The molecular weight excluding hydrogens is 382 g/mol. The van der Waals surface area contributed by atoms with Gasteiger partial charge >= 0.3 is 0 Å². The van der Waals surface area contributed by atoms with E-state index in [2.05, 4.69) is 0 Å². The number of aromatic nitrogens is 1. The lowest BCUT2D eigenvalue weighted by Gasteiger charge is -2.14. The molecule has 0 amide bonds. The van der Waals surface area contributed by atoms with E-state index in [0.717, 1.165) is 22.1 Å². The highest BCUT2D eigenvalue weighted by Gasteiger charge is 2.33. The SMILES string of the molecule is Cc1ccc(S(=O)(=O)n2c(-c3ccccc3)c3c4c(cccc42)CCC3=O)cc1. The Morgan fingerprint density at radius 2 is 1.55 bits per heavy atom. The van der Waals surface area contributed by atoms with Crippen LogP contribution in [0.15, 0.2) is 77.7 Å². The Labute approximate surface area is 169 Å². The van der Waals surface area contributed by atoms with E-state index in [9.17, 15) is 13.2 Å². The van der Waals surface area contributed by atoms with Gasteiger partial charge in [-0.05, 0) is 37.1 Å². The van der Waals surface area contributed by atoms with Gasteiger partial charge in [-0.15, -0.1) is 0 Å². The average Bonchev–Trinajstić information content (AvgIpc) is 3.09. The Kier molecular flexibility index (Phi) is 3.96. The van der Waals surface area contributed by atoms with Crippen LogP contribution in [0.1, 0.15) is 27.9 Å². The van der Waals surface area contributed by atoms with E-state index in [1.165, 1.54) is 3.97 Å². The monoisotopic (exact) mass is 401 g/mol. The zero-order chi connectivity index (χ0) is 20.2. The van der Waals surface area contributed by atoms with Gasteiger partial charge in [0.15, 0.2) is 5.78 Å². The lowest BCUT2D eigenvalue weighted by Crippen LogP contribution is -2.15. The molecule has 0 unspecified atom stereocenters. The van der Waals surface area contributed by atoms with Crippen LogP contribution in [0, 0.1) is 6.92 Å². The zero-order valence-electron chi connectivity index (χ0n) is 15.9. The first-order valence-electron chi connectivity index (χ1n) is 9.55. The molecule has 1 aromatic heterocycles. The molecule has 0 N–H and O–H groups in total. The second-order valence-electron chi connectivity index (χ2n) is 7.41. The highest BCUT2D eigenvalue weighted by atomic mass is 32.2. The number of carbonyl (C=O) groups excluding carboxylic acids is 1. The molecule has 0 fully saturated rings. The Morgan fingerprint density at radius 1 is 0.828 bits per heavy atom. The molecule has 0 atom stereocenters. The number of carbonyl (C=O) groups is 1. The number of ketones is 1. The van der Waals surface area contributed by atoms with Crippen molar-refractivity contribution in [2.24, 2.45) is 0 Å². The van der Waals surface area contributed by atoms with Gasteiger partial charge in [-0.1, -0.05) is 60.2 Å². The lowest BCUT2D eigenvalue weighted by atomic mass is 9.89. The standard InChI is InChI=1S/C24H19NO3S/c1-16-10-13-19(14-11-16)29(27,28)25-20-9-5-8-17-12-15-21(26)23(22(17)20)24(25)18-6-3-2-4-7-18/h2-11,13-14H,12,15H2,1H3. The van der Waals surface area contributed by atoms with Crippen molar-refractivity contribution in [2.75, 3.05) is 0 Å². The molecule has 29 heavy (non-hydrogen) atoms. The largest absolute Gasteiger partial charge is 0.294 e. The van der Waals surface area contributed by atoms with E-state index in [-0.39, 0.29) is 10.7 Å². The number of rotatable bonds is 3. The second kappa shape index (κ2) is 6.42. The second-order valence-corrected chi connectivity index (χ2v) is 9.19. The van der Waals surface area contributed by atoms with Gasteiger partial charge in [-0.2, -0.15) is 0 Å². The Hall–Kier alpha value is -3.18. The highest BCUT2D eigenvalue weighted by molar-refractivity contribution is 7.90. The summed E-state index contributed by atoms with van der Waals surface area (Å²) in [6.45, 7) is 1.92. The van der Waals surface area contributed by atoms with Crippen molar-refractivity contribution < 1.29 is 13.2 Å². The summed E-state index contributed by atoms with van der Waals surface area (Å²) in [5, 5.41) is 0.762. The molecule has 4 aromatic rings. The molecule has 144 valence electrons. The van der Waals surface area contributed by atoms with Crippen LogP contribution >= 0.6 is 0 Å². The smallest absolute Gasteiger partial charge is 0.268 e. The minimum Gasteiger partial charge on any atom is -0.294 e. The van der Waals surface area contributed by atoms with Crippen LogP contribution in [-0.2, 0) is 16.4 Å². The Balaban J connectivity index is 1.95. The fourth-order valence-electron chi connectivity index (χ4n) is 4.16. The summed E-state index contributed by atoms with van der Waals surface area (Å²) >= 11 is 0. The molecule has 1 heterocycles. The van der Waals surface area contributed by atoms with E-state index in [1.807, 2.05) is 49.4 Å². The predicted octanol–water partition coefficient (Wildman–Crippen LogP) is 4.98. The summed E-state index contributed by atoms with van der Waals surface area (Å²) in [7, 11) is -3.90. The third-order valence-corrected chi connectivity index (χ3v) is 7.27. The molecular formula is C24H19NO3S. The maximum Gasteiger partial charge on any atom is 0.268 e. The van der Waals surface area contributed by atoms with Gasteiger partial charge in [0.2, 0.25) is 0 Å². The van der Waals surface area contributed by atoms with Crippen molar-refractivity contribution in [3.05, 3.63) is 89.5 Å². The molecule has 0 radical (unpaired) electrons. The van der Waals surface area contributed by atoms with Crippen molar-refractivity contribution in [3.8, 4) is 11.3 Å². The maximum atomic E-state index is 13.8. The predicted molar refractivity (Wildman–Crippen MR) is 114 cm³/mol. The zero-order valence-corrected chi connectivity index (χ0v) is 16.7. The van der Waals surface area contributed by atoms with Gasteiger partial charge in [0.25, 0.3) is 10.0 Å². The van der Waals surface area contributed by atoms with Gasteiger partial charge in [0.1, 0.15) is 0 Å². The topological polar surface area (TPSA) is 56.1 Å². The van der Waals surface area contributed by atoms with Crippen molar-refractivity contribution in [1.82, 2.24) is 3.97 Å². The minimum absolute atomic E-state index is 0.00888. The summed E-state index contributed by atoms with van der Waals surface area (Å²) in [5.74, 6) is -0.00888. The third kappa shape index (κ3) is 2.65. The molecule has 1 aliphatic rings. The third-order valence-electron chi connectivity index (χ3n) is 5.54. The van der Waals surface area contributed by atoms with Gasteiger partial charge in [-0.25, -0.2) is 12.4 Å². The fraction of sp³-hybridized carbons (Fsp3) is 0.125. The molecule has 5 rings (SSSR count). The van der Waals surface area contributed by atoms with Crippen molar-refractivity contribution in [2.45, 2.75) is 24.7 Å². The summed E-state index contributed by atoms with van der Waals surface area (Å²) in [6.07, 6.45) is 1.02. The van der Waals surface area contributed by atoms with Crippen LogP contribution in [0.2, 0.25) is 0 Å². The van der Waals surface area contributed by atoms with Crippen LogP contribution in [0.25, 0.3) is 22.2 Å². The molecule has 5 heteroatoms. The summed E-state index contributed by atoms with van der Waals surface area (Å²) in [5.41, 5.74) is 4.26. The number of Topliss-reactive ketones (excluding diaryl/α,β-unsaturated/α-hetero) is 1. The summed E-state index contributed by atoms with van der Waals surface area (Å²) < 4.78 is 28.9. The van der Waals surface area contributed by atoms with E-state index in [4.69, 9.17) is 0 Å². The van der Waals surface area contributed by atoms with Crippen LogP contribution in [-0.4, -0.2) is 18.2 Å². The Bertz CT molecular complexity index is 1370. The maximum absolute atomic E-state index is 13.8. The van der Waals surface area contributed by atoms with Crippen LogP contribution in [0.5, 0.6) is 0 Å². The molecule has 0 spiro atoms. The lowest BCUT2D eigenvalue weighted by molar-refractivity contribution is 0.0982. The summed E-state index contributed by atoms with van der Waals surface area (Å²) in [6, 6.07) is 21.8. The average molecular weight is 401 g/mol. The number of nitrogens with zero attached hydrogens (tertiary/aromatic N) is 1. The molecule has 1 aliphatic carbocycles. The van der Waals surface area contributed by atoms with Crippen LogP contribution < -0.4 is 0 Å². The molecule has 0 saturated carbocycles. The first-order valence-corrected chi connectivity index (χ1v) is 11.0. The van der Waals surface area contributed by atoms with Crippen LogP contribution in [0.4, 0.5) is 0 Å². The van der Waals surface area contributed by atoms with E-state index >= 15 is 0 Å². The van der Waals surface area contributed by atoms with Crippen LogP contribution in [0.3, 0.4) is 0 Å². The molecule has 0 aliphatic heterocycles. The molecule has 0 bridgehead atoms. The molecule has 0 saturated heterocycles. The van der Waals surface area contributed by atoms with Gasteiger partial charge in [0, 0.05) is 17.4 Å². The number of hydrogen-bond donors (Lipinski definition) is 0. The Morgan fingerprint density at radius 3 is 2.28 bits per heavy atom. The first kappa shape index (κ1) is 17.9. The number of aryl methyl sites for hydroxylation is 2. The van der Waals surface area contributed by atoms with Crippen molar-refractivity contribution in [1.29, 1.82) is 0 Å². The van der Waals surface area contributed by atoms with E-state index < -0.39 is 10.0 Å². The van der Waals surface area contributed by atoms with Gasteiger partial charge < -0.3 is 0 Å². The molecule has 3 aromatic carbocycles. The fourth-order valence-corrected chi connectivity index (χ4v) is 5.70.